The van der Waals surface area contributed by atoms with Gasteiger partial charge in [0.25, 0.3) is 0 Å². The second-order valence-electron chi connectivity index (χ2n) is 22.6. The first-order valence-electron chi connectivity index (χ1n) is 25.4. The number of esters is 2. The summed E-state index contributed by atoms with van der Waals surface area (Å²) >= 11 is 2.91. The fraction of sp³-hybridized carbons (Fsp3) is 0.741. The lowest BCUT2D eigenvalue weighted by Crippen LogP contribution is -2.45. The molecule has 4 saturated heterocycles. The molecule has 4 aliphatic heterocycles. The van der Waals surface area contributed by atoms with E-state index in [2.05, 4.69) is 16.9 Å². The summed E-state index contributed by atoms with van der Waals surface area (Å²) in [4.78, 5) is 61.1. The van der Waals surface area contributed by atoms with Gasteiger partial charge in [-0.2, -0.15) is 0 Å². The first kappa shape index (κ1) is 58.6. The van der Waals surface area contributed by atoms with Crippen LogP contribution in [0.3, 0.4) is 0 Å². The number of fused-ring (bicyclic) bond motifs is 2. The number of cyclic esters (lactones) is 2. The smallest absolute Gasteiger partial charge is 0.309 e. The van der Waals surface area contributed by atoms with Crippen LogP contribution < -0.4 is 0 Å². The lowest BCUT2D eigenvalue weighted by Gasteiger charge is -2.34. The second-order valence-corrected chi connectivity index (χ2v) is 24.6. The highest BCUT2D eigenvalue weighted by molar-refractivity contribution is 7.10. The summed E-state index contributed by atoms with van der Waals surface area (Å²) in [6.45, 7) is 23.5. The number of aliphatic hydroxyl groups is 5. The Balaban J connectivity index is 0.000000264. The highest BCUT2D eigenvalue weighted by atomic mass is 32.1. The molecule has 6 heterocycles. The summed E-state index contributed by atoms with van der Waals surface area (Å²) in [5.74, 6) is -3.19. The highest BCUT2D eigenvalue weighted by Crippen LogP contribution is 2.47. The van der Waals surface area contributed by atoms with E-state index < -0.39 is 71.2 Å². The molecular formula is C54H82N2O13S2. The van der Waals surface area contributed by atoms with Crippen LogP contribution in [-0.4, -0.2) is 119 Å². The fourth-order valence-electron chi connectivity index (χ4n) is 10.2. The molecular weight excluding hydrogens is 949 g/mol. The SMILES string of the molecule is C/C(=C\c1csc(C)n1)[C@@H]1C[C@@H]2O[C@]2(C)CCC[C@H](C)[C@H](O)[C@@H](C)C(=O)C(C)(C)[C@@H](O)CC(=O)O1.C/C(=C\c1csc(CO)n1)[C@@H]1C[C@@H]2O[C@]2(C)CCC[C@H](C)[C@H](O)[C@@H](C)C(=O)C(C)(C)[C@@H](O)CC(=O)O1. The molecule has 71 heavy (non-hydrogen) atoms. The van der Waals surface area contributed by atoms with Gasteiger partial charge >= 0.3 is 11.9 Å². The molecule has 14 atom stereocenters. The van der Waals surface area contributed by atoms with Gasteiger partial charge in [0.1, 0.15) is 28.8 Å². The number of rotatable bonds is 5. The third-order valence-electron chi connectivity index (χ3n) is 15.9. The van der Waals surface area contributed by atoms with Gasteiger partial charge in [0, 0.05) is 35.4 Å². The quantitative estimate of drug-likeness (QED) is 0.140. The summed E-state index contributed by atoms with van der Waals surface area (Å²) in [5.41, 5.74) is 0.0828. The van der Waals surface area contributed by atoms with Gasteiger partial charge in [0.05, 0.1) is 94.5 Å². The normalized spacial score (nSPS) is 37.1. The van der Waals surface area contributed by atoms with Crippen molar-refractivity contribution in [2.45, 2.75) is 221 Å². The minimum atomic E-state index is -1.26. The fourth-order valence-corrected chi connectivity index (χ4v) is 11.3. The van der Waals surface area contributed by atoms with Crippen molar-refractivity contribution in [2.24, 2.45) is 34.5 Å². The van der Waals surface area contributed by atoms with Crippen molar-refractivity contribution < 1.29 is 63.7 Å². The number of ketones is 2. The number of hydrogen-bond donors (Lipinski definition) is 5. The average molecular weight is 1030 g/mol. The highest BCUT2D eigenvalue weighted by Gasteiger charge is 2.54. The molecule has 0 radical (unpaired) electrons. The number of hydrogen-bond acceptors (Lipinski definition) is 17. The summed E-state index contributed by atoms with van der Waals surface area (Å²) in [6, 6.07) is 0. The van der Waals surface area contributed by atoms with E-state index in [0.29, 0.717) is 23.5 Å². The summed E-state index contributed by atoms with van der Waals surface area (Å²) in [6.07, 6.45) is 3.58. The molecule has 17 heteroatoms. The molecule has 5 N–H and O–H groups in total. The van der Waals surface area contributed by atoms with Crippen LogP contribution >= 0.6 is 22.7 Å². The van der Waals surface area contributed by atoms with E-state index >= 15 is 0 Å². The number of ether oxygens (including phenoxy) is 4. The molecule has 2 aromatic rings. The number of carbonyl (C=O) groups is 4. The maximum absolute atomic E-state index is 13.2. The van der Waals surface area contributed by atoms with Crippen molar-refractivity contribution >= 4 is 58.3 Å². The van der Waals surface area contributed by atoms with Crippen LogP contribution in [0.2, 0.25) is 0 Å². The second kappa shape index (κ2) is 24.0. The van der Waals surface area contributed by atoms with Crippen molar-refractivity contribution in [1.29, 1.82) is 0 Å². The van der Waals surface area contributed by atoms with E-state index in [-0.39, 0.29) is 66.3 Å². The Hall–Kier alpha value is -3.26. The molecule has 15 nitrogen and oxygen atoms in total. The summed E-state index contributed by atoms with van der Waals surface area (Å²) in [7, 11) is 0. The molecule has 0 unspecified atom stereocenters. The Labute approximate surface area is 428 Å². The topological polar surface area (TPSA) is 239 Å². The number of aryl methyl sites for hydroxylation is 1. The number of carbonyl (C=O) groups excluding carboxylic acids is 4. The van der Waals surface area contributed by atoms with Gasteiger partial charge in [0.2, 0.25) is 0 Å². The Bertz CT molecular complexity index is 2230. The first-order valence-corrected chi connectivity index (χ1v) is 27.2. The van der Waals surface area contributed by atoms with Crippen molar-refractivity contribution in [3.05, 3.63) is 43.3 Å². The molecule has 4 aliphatic rings. The van der Waals surface area contributed by atoms with Crippen LogP contribution in [0.5, 0.6) is 0 Å². The average Bonchev–Trinajstić information content (AvgIpc) is 3.93. The van der Waals surface area contributed by atoms with Crippen LogP contribution in [0.25, 0.3) is 12.2 Å². The van der Waals surface area contributed by atoms with Gasteiger partial charge in [-0.25, -0.2) is 9.97 Å². The molecule has 0 saturated carbocycles. The van der Waals surface area contributed by atoms with Gasteiger partial charge in [-0.1, -0.05) is 68.2 Å². The van der Waals surface area contributed by atoms with Crippen molar-refractivity contribution in [3.63, 3.8) is 0 Å². The van der Waals surface area contributed by atoms with E-state index in [1.807, 2.05) is 64.5 Å². The number of Topliss-reactive ketones (excluding diaryl/α,β-unsaturated/α-hetero) is 2. The predicted molar refractivity (Wildman–Crippen MR) is 273 cm³/mol. The number of aromatic nitrogens is 2. The Morgan fingerprint density at radius 3 is 1.42 bits per heavy atom. The zero-order chi connectivity index (χ0) is 53.0. The molecule has 0 aromatic carbocycles. The Morgan fingerprint density at radius 1 is 0.662 bits per heavy atom. The zero-order valence-corrected chi connectivity index (χ0v) is 45.9. The van der Waals surface area contributed by atoms with Gasteiger partial charge in [-0.15, -0.1) is 22.7 Å². The van der Waals surface area contributed by atoms with Gasteiger partial charge in [0.15, 0.2) is 0 Å². The lowest BCUT2D eigenvalue weighted by atomic mass is 9.73. The van der Waals surface area contributed by atoms with Gasteiger partial charge in [-0.05, 0) is 95.4 Å². The van der Waals surface area contributed by atoms with Gasteiger partial charge in [-0.3, -0.25) is 19.2 Å². The molecule has 2 aromatic heterocycles. The predicted octanol–water partition coefficient (Wildman–Crippen LogP) is 8.14. The van der Waals surface area contributed by atoms with Crippen LogP contribution in [-0.2, 0) is 44.7 Å². The van der Waals surface area contributed by atoms with Crippen LogP contribution in [0.1, 0.15) is 169 Å². The van der Waals surface area contributed by atoms with Crippen LogP contribution in [0, 0.1) is 41.4 Å². The number of aliphatic hydroxyl groups excluding tert-OH is 5. The van der Waals surface area contributed by atoms with Gasteiger partial charge < -0.3 is 44.5 Å². The van der Waals surface area contributed by atoms with Crippen LogP contribution in [0.4, 0.5) is 0 Å². The summed E-state index contributed by atoms with van der Waals surface area (Å²) in [5, 5.41) is 58.0. The van der Waals surface area contributed by atoms with E-state index in [1.54, 1.807) is 52.9 Å². The first-order chi connectivity index (χ1) is 33.0. The third-order valence-corrected chi connectivity index (χ3v) is 17.6. The van der Waals surface area contributed by atoms with E-state index in [9.17, 15) is 44.7 Å². The Kier molecular flexibility index (Phi) is 19.8. The molecule has 0 amide bonds. The van der Waals surface area contributed by atoms with Crippen molar-refractivity contribution in [1.82, 2.24) is 9.97 Å². The number of nitrogens with zero attached hydrogens (tertiary/aromatic N) is 2. The maximum atomic E-state index is 13.2. The Morgan fingerprint density at radius 2 is 1.06 bits per heavy atom. The van der Waals surface area contributed by atoms with E-state index in [1.165, 1.54) is 11.3 Å². The van der Waals surface area contributed by atoms with Crippen LogP contribution in [0.15, 0.2) is 21.9 Å². The zero-order valence-electron chi connectivity index (χ0n) is 44.2. The molecule has 398 valence electrons. The lowest BCUT2D eigenvalue weighted by molar-refractivity contribution is -0.156. The van der Waals surface area contributed by atoms with E-state index in [4.69, 9.17) is 18.9 Å². The number of thiazole rings is 2. The standard InChI is InChI=1S/C27H41NO7S.C27H41NO6S/c1-15-8-7-9-27(6)21(35-27)11-19(16(2)10-18-14-36-22(13-29)28-18)34-23(31)12-20(30)26(4,5)25(33)17(3)24(15)32;1-15-9-8-10-27(7)22(34-27)12-20(16(2)11-19-14-35-18(4)28-19)33-23(30)13-21(29)26(5,6)25(32)17(3)24(15)31/h10,14-15,17,19-21,24,29-30,32H,7-9,11-13H2,1-6H3;11,14-15,17,20-22,24,29,31H,8-10,12-13H2,1-7H3/b16-10+;16-11+/t15-,17+,19-,20-,21-,24-,27+;15-,17+,20-,21-,22-,24-,27+/m00/s1. The largest absolute Gasteiger partial charge is 0.458 e. The maximum Gasteiger partial charge on any atom is 0.309 e. The monoisotopic (exact) mass is 1030 g/mol. The van der Waals surface area contributed by atoms with E-state index in [0.717, 1.165) is 60.4 Å². The summed E-state index contributed by atoms with van der Waals surface area (Å²) < 4.78 is 23.8. The molecule has 6 rings (SSSR count). The number of epoxide rings is 2. The third kappa shape index (κ3) is 15.0. The van der Waals surface area contributed by atoms with Crippen molar-refractivity contribution in [2.75, 3.05) is 0 Å². The minimum absolute atomic E-state index is 0.0455. The molecule has 0 bridgehead atoms. The molecule has 4 fully saturated rings. The molecule has 0 aliphatic carbocycles. The van der Waals surface area contributed by atoms with Crippen molar-refractivity contribution in [3.8, 4) is 0 Å². The molecule has 0 spiro atoms. The minimum Gasteiger partial charge on any atom is -0.458 e.